The maximum absolute atomic E-state index is 9.25. The standard InChI is InChI=1S/C21H22N4O/c1-15-20(21(26-3)25(2)24-15)14-23-13-16-8-10-17(11-9-16)19-7-5-4-6-18(19)12-22/h4-11,23H,13-14H2,1-3H3. The molecule has 0 unspecified atom stereocenters. The Balaban J connectivity index is 1.67. The number of rotatable bonds is 6. The highest BCUT2D eigenvalue weighted by Crippen LogP contribution is 2.24. The lowest BCUT2D eigenvalue weighted by Crippen LogP contribution is -2.13. The number of methoxy groups -OCH3 is 1. The fourth-order valence-corrected chi connectivity index (χ4v) is 3.11. The van der Waals surface area contributed by atoms with Gasteiger partial charge in [-0.1, -0.05) is 42.5 Å². The van der Waals surface area contributed by atoms with Crippen molar-refractivity contribution in [2.24, 2.45) is 7.05 Å². The monoisotopic (exact) mass is 346 g/mol. The SMILES string of the molecule is COc1c(CNCc2ccc(-c3ccccc3C#N)cc2)c(C)nn1C. The van der Waals surface area contributed by atoms with Crippen molar-refractivity contribution in [3.05, 3.63) is 70.9 Å². The first kappa shape index (κ1) is 17.7. The summed E-state index contributed by atoms with van der Waals surface area (Å²) in [5.74, 6) is 0.790. The van der Waals surface area contributed by atoms with Crippen LogP contribution in [-0.4, -0.2) is 16.9 Å². The van der Waals surface area contributed by atoms with Crippen molar-refractivity contribution in [2.45, 2.75) is 20.0 Å². The predicted molar refractivity (Wildman–Crippen MR) is 102 cm³/mol. The number of nitrogens with zero attached hydrogens (tertiary/aromatic N) is 3. The van der Waals surface area contributed by atoms with Gasteiger partial charge in [0.25, 0.3) is 0 Å². The van der Waals surface area contributed by atoms with Gasteiger partial charge in [-0.3, -0.25) is 0 Å². The smallest absolute Gasteiger partial charge is 0.216 e. The van der Waals surface area contributed by atoms with Gasteiger partial charge >= 0.3 is 0 Å². The summed E-state index contributed by atoms with van der Waals surface area (Å²) in [5, 5.41) is 17.1. The molecule has 3 rings (SSSR count). The first-order valence-electron chi connectivity index (χ1n) is 8.49. The summed E-state index contributed by atoms with van der Waals surface area (Å²) < 4.78 is 7.18. The van der Waals surface area contributed by atoms with Crippen LogP contribution in [0.4, 0.5) is 0 Å². The minimum atomic E-state index is 0.692. The van der Waals surface area contributed by atoms with Crippen LogP contribution in [0, 0.1) is 18.3 Å². The largest absolute Gasteiger partial charge is 0.481 e. The quantitative estimate of drug-likeness (QED) is 0.741. The molecule has 0 atom stereocenters. The maximum atomic E-state index is 9.25. The highest BCUT2D eigenvalue weighted by Gasteiger charge is 2.13. The van der Waals surface area contributed by atoms with Gasteiger partial charge in [-0.2, -0.15) is 10.4 Å². The Labute approximate surface area is 153 Å². The molecule has 1 heterocycles. The number of benzene rings is 2. The number of nitriles is 1. The average Bonchev–Trinajstić information content (AvgIpc) is 2.95. The number of aryl methyl sites for hydroxylation is 2. The molecule has 0 aliphatic heterocycles. The Morgan fingerprint density at radius 3 is 2.54 bits per heavy atom. The maximum Gasteiger partial charge on any atom is 0.216 e. The van der Waals surface area contributed by atoms with E-state index >= 15 is 0 Å². The Kier molecular flexibility index (Phi) is 5.35. The second-order valence-electron chi connectivity index (χ2n) is 6.15. The Morgan fingerprint density at radius 2 is 1.85 bits per heavy atom. The second-order valence-corrected chi connectivity index (χ2v) is 6.15. The van der Waals surface area contributed by atoms with Gasteiger partial charge in [0.2, 0.25) is 5.88 Å². The molecule has 0 saturated heterocycles. The van der Waals surface area contributed by atoms with E-state index in [1.807, 2.05) is 38.2 Å². The van der Waals surface area contributed by atoms with E-state index in [2.05, 4.69) is 40.8 Å². The zero-order valence-corrected chi connectivity index (χ0v) is 15.3. The molecular formula is C21H22N4O. The van der Waals surface area contributed by atoms with Gasteiger partial charge in [-0.05, 0) is 29.7 Å². The van der Waals surface area contributed by atoms with Crippen LogP contribution in [0.2, 0.25) is 0 Å². The summed E-state index contributed by atoms with van der Waals surface area (Å²) in [6.45, 7) is 3.43. The van der Waals surface area contributed by atoms with E-state index in [1.165, 1.54) is 5.56 Å². The third kappa shape index (κ3) is 3.61. The van der Waals surface area contributed by atoms with Crippen molar-refractivity contribution in [1.29, 1.82) is 5.26 Å². The zero-order chi connectivity index (χ0) is 18.5. The van der Waals surface area contributed by atoms with Crippen LogP contribution in [-0.2, 0) is 20.1 Å². The Hall–Kier alpha value is -3.10. The first-order valence-corrected chi connectivity index (χ1v) is 8.49. The lowest BCUT2D eigenvalue weighted by molar-refractivity contribution is 0.368. The normalized spacial score (nSPS) is 10.5. The Morgan fingerprint density at radius 1 is 1.12 bits per heavy atom. The molecule has 0 radical (unpaired) electrons. The molecule has 0 aliphatic rings. The van der Waals surface area contributed by atoms with Crippen LogP contribution in [0.1, 0.15) is 22.4 Å². The van der Waals surface area contributed by atoms with E-state index < -0.39 is 0 Å². The van der Waals surface area contributed by atoms with Crippen molar-refractivity contribution < 1.29 is 4.74 Å². The topological polar surface area (TPSA) is 62.9 Å². The average molecular weight is 346 g/mol. The van der Waals surface area contributed by atoms with E-state index in [0.29, 0.717) is 12.1 Å². The molecule has 0 aliphatic carbocycles. The molecule has 132 valence electrons. The molecule has 5 heteroatoms. The van der Waals surface area contributed by atoms with Gasteiger partial charge in [0.15, 0.2) is 0 Å². The summed E-state index contributed by atoms with van der Waals surface area (Å²) in [6, 6.07) is 18.2. The van der Waals surface area contributed by atoms with Gasteiger partial charge in [0.1, 0.15) is 0 Å². The lowest BCUT2D eigenvalue weighted by atomic mass is 9.99. The summed E-state index contributed by atoms with van der Waals surface area (Å²) in [4.78, 5) is 0. The molecule has 0 bridgehead atoms. The molecule has 1 N–H and O–H groups in total. The van der Waals surface area contributed by atoms with Crippen LogP contribution in [0.5, 0.6) is 5.88 Å². The van der Waals surface area contributed by atoms with Gasteiger partial charge in [0, 0.05) is 20.1 Å². The predicted octanol–water partition coefficient (Wildman–Crippen LogP) is 3.57. The Bertz CT molecular complexity index is 936. The summed E-state index contributed by atoms with van der Waals surface area (Å²) in [5.41, 5.74) is 5.94. The number of hydrogen-bond acceptors (Lipinski definition) is 4. The van der Waals surface area contributed by atoms with Crippen molar-refractivity contribution >= 4 is 0 Å². The van der Waals surface area contributed by atoms with Crippen LogP contribution in [0.25, 0.3) is 11.1 Å². The van der Waals surface area contributed by atoms with E-state index in [9.17, 15) is 5.26 Å². The summed E-state index contributed by atoms with van der Waals surface area (Å²) >= 11 is 0. The molecular weight excluding hydrogens is 324 g/mol. The molecule has 0 saturated carbocycles. The minimum Gasteiger partial charge on any atom is -0.481 e. The third-order valence-corrected chi connectivity index (χ3v) is 4.43. The molecule has 5 nitrogen and oxygen atoms in total. The second kappa shape index (κ2) is 7.85. The number of hydrogen-bond donors (Lipinski definition) is 1. The van der Waals surface area contributed by atoms with Gasteiger partial charge in [-0.15, -0.1) is 0 Å². The van der Waals surface area contributed by atoms with Crippen molar-refractivity contribution in [3.8, 4) is 23.1 Å². The summed E-state index contributed by atoms with van der Waals surface area (Å²) in [6.07, 6.45) is 0. The fourth-order valence-electron chi connectivity index (χ4n) is 3.11. The summed E-state index contributed by atoms with van der Waals surface area (Å²) in [7, 11) is 3.55. The lowest BCUT2D eigenvalue weighted by Gasteiger charge is -2.09. The van der Waals surface area contributed by atoms with E-state index in [0.717, 1.165) is 34.8 Å². The van der Waals surface area contributed by atoms with Crippen molar-refractivity contribution in [1.82, 2.24) is 15.1 Å². The van der Waals surface area contributed by atoms with Crippen molar-refractivity contribution in [3.63, 3.8) is 0 Å². The minimum absolute atomic E-state index is 0.692. The number of aromatic nitrogens is 2. The molecule has 2 aromatic carbocycles. The van der Waals surface area contributed by atoms with Crippen molar-refractivity contribution in [2.75, 3.05) is 7.11 Å². The number of ether oxygens (including phenoxy) is 1. The van der Waals surface area contributed by atoms with Gasteiger partial charge in [-0.25, -0.2) is 4.68 Å². The zero-order valence-electron chi connectivity index (χ0n) is 15.3. The molecule has 1 aromatic heterocycles. The molecule has 0 spiro atoms. The highest BCUT2D eigenvalue weighted by atomic mass is 16.5. The van der Waals surface area contributed by atoms with Crippen LogP contribution in [0.3, 0.4) is 0 Å². The van der Waals surface area contributed by atoms with E-state index in [-0.39, 0.29) is 0 Å². The van der Waals surface area contributed by atoms with Crippen LogP contribution in [0.15, 0.2) is 48.5 Å². The first-order chi connectivity index (χ1) is 12.6. The van der Waals surface area contributed by atoms with E-state index in [1.54, 1.807) is 11.8 Å². The molecule has 26 heavy (non-hydrogen) atoms. The van der Waals surface area contributed by atoms with Gasteiger partial charge < -0.3 is 10.1 Å². The molecule has 0 fully saturated rings. The van der Waals surface area contributed by atoms with E-state index in [4.69, 9.17) is 4.74 Å². The molecule has 3 aromatic rings. The molecule has 0 amide bonds. The van der Waals surface area contributed by atoms with Crippen LogP contribution >= 0.6 is 0 Å². The fraction of sp³-hybridized carbons (Fsp3) is 0.238. The van der Waals surface area contributed by atoms with Gasteiger partial charge in [0.05, 0.1) is 30.0 Å². The highest BCUT2D eigenvalue weighted by molar-refractivity contribution is 5.70. The number of nitrogens with one attached hydrogen (secondary N) is 1. The van der Waals surface area contributed by atoms with Crippen LogP contribution < -0.4 is 10.1 Å². The third-order valence-electron chi connectivity index (χ3n) is 4.43.